The van der Waals surface area contributed by atoms with Gasteiger partial charge in [-0.2, -0.15) is 0 Å². The third-order valence-corrected chi connectivity index (χ3v) is 4.28. The summed E-state index contributed by atoms with van der Waals surface area (Å²) < 4.78 is 10.4. The quantitative estimate of drug-likeness (QED) is 0.318. The fourth-order valence-electron chi connectivity index (χ4n) is 2.60. The number of rotatable bonds is 6. The van der Waals surface area contributed by atoms with E-state index in [0.717, 1.165) is 12.6 Å². The van der Waals surface area contributed by atoms with Crippen LogP contribution in [-0.2, 0) is 17.1 Å². The largest absolute Gasteiger partial charge is 0.480 e. The van der Waals surface area contributed by atoms with Crippen molar-refractivity contribution in [1.29, 1.82) is 0 Å². The molecule has 0 fully saturated rings. The maximum Gasteiger partial charge on any atom is 0.289 e. The third kappa shape index (κ3) is 7.54. The molecule has 2 aromatic rings. The van der Waals surface area contributed by atoms with E-state index in [4.69, 9.17) is 9.47 Å². The molecule has 0 radical (unpaired) electrons. The van der Waals surface area contributed by atoms with Gasteiger partial charge in [0.05, 0.1) is 11.1 Å². The first-order valence-corrected chi connectivity index (χ1v) is 9.61. The van der Waals surface area contributed by atoms with E-state index in [1.54, 1.807) is 72.8 Å². The molecule has 0 unspecified atom stereocenters. The molecule has 0 bridgehead atoms. The Morgan fingerprint density at radius 1 is 0.576 bits per heavy atom. The van der Waals surface area contributed by atoms with Crippen LogP contribution in [0.25, 0.3) is 0 Å². The minimum Gasteiger partial charge on any atom is -0.480 e. The second-order valence-electron chi connectivity index (χ2n) is 6.54. The van der Waals surface area contributed by atoms with Gasteiger partial charge in [0.25, 0.3) is 11.9 Å². The van der Waals surface area contributed by atoms with Gasteiger partial charge in [0.2, 0.25) is 0 Å². The Balaban J connectivity index is 0.000000227. The van der Waals surface area contributed by atoms with E-state index >= 15 is 0 Å². The number of aliphatic hydroxyl groups is 2. The standard InChI is InChI=1S/2C13H10O3.Fe/c2*14-9-10-5-7-12(8-6-10)16-13(15)11-3-1-2-4-11;/h2*1-9,15H;. The van der Waals surface area contributed by atoms with Gasteiger partial charge in [-0.15, -0.1) is 0 Å². The van der Waals surface area contributed by atoms with Crippen molar-refractivity contribution in [3.05, 3.63) is 131 Å². The molecule has 7 heteroatoms. The number of carbonyl (C=O) groups is 2. The van der Waals surface area contributed by atoms with Crippen LogP contribution in [0.15, 0.2) is 120 Å². The SMILES string of the molecule is O=Cc1ccc(OC(O)=C2C=CC=C2)cc1.O=Cc1ccc(OC(O)=C2C=CC=C2)cc1.[Fe]. The number of hydrogen-bond acceptors (Lipinski definition) is 6. The second kappa shape index (κ2) is 12.7. The molecule has 2 aromatic carbocycles. The number of carbonyl (C=O) groups excluding carboxylic acids is 2. The van der Waals surface area contributed by atoms with Gasteiger partial charge in [0, 0.05) is 28.2 Å². The van der Waals surface area contributed by atoms with Crippen molar-refractivity contribution < 1.29 is 46.3 Å². The summed E-state index contributed by atoms with van der Waals surface area (Å²) in [5.74, 6) is 0.682. The van der Waals surface area contributed by atoms with Crippen LogP contribution in [-0.4, -0.2) is 22.8 Å². The van der Waals surface area contributed by atoms with Gasteiger partial charge in [-0.3, -0.25) is 9.59 Å². The van der Waals surface area contributed by atoms with E-state index in [-0.39, 0.29) is 29.0 Å². The van der Waals surface area contributed by atoms with Crippen molar-refractivity contribution in [2.24, 2.45) is 0 Å². The molecular formula is C26H20FeO6. The molecule has 0 atom stereocenters. The summed E-state index contributed by atoms with van der Waals surface area (Å²) in [6, 6.07) is 13.0. The molecule has 168 valence electrons. The fourth-order valence-corrected chi connectivity index (χ4v) is 2.60. The topological polar surface area (TPSA) is 93.1 Å². The first-order chi connectivity index (χ1) is 15.6. The second-order valence-corrected chi connectivity index (χ2v) is 6.54. The summed E-state index contributed by atoms with van der Waals surface area (Å²) in [5.41, 5.74) is 2.39. The summed E-state index contributed by atoms with van der Waals surface area (Å²) in [6.07, 6.45) is 15.7. The Kier molecular flexibility index (Phi) is 9.71. The van der Waals surface area contributed by atoms with Gasteiger partial charge in [-0.05, 0) is 72.8 Å². The first kappa shape index (κ1) is 25.2. The summed E-state index contributed by atoms with van der Waals surface area (Å²) in [4.78, 5) is 20.9. The molecule has 0 saturated carbocycles. The third-order valence-electron chi connectivity index (χ3n) is 4.28. The summed E-state index contributed by atoms with van der Waals surface area (Å²) in [7, 11) is 0. The van der Waals surface area contributed by atoms with Crippen molar-refractivity contribution in [2.45, 2.75) is 0 Å². The number of aliphatic hydroxyl groups excluding tert-OH is 2. The van der Waals surface area contributed by atoms with Gasteiger partial charge < -0.3 is 19.7 Å². The predicted molar refractivity (Wildman–Crippen MR) is 121 cm³/mol. The monoisotopic (exact) mass is 484 g/mol. The molecule has 0 saturated heterocycles. The van der Waals surface area contributed by atoms with Crippen molar-refractivity contribution in [1.82, 2.24) is 0 Å². The van der Waals surface area contributed by atoms with Crippen LogP contribution in [0.3, 0.4) is 0 Å². The summed E-state index contributed by atoms with van der Waals surface area (Å²) in [5, 5.41) is 19.2. The first-order valence-electron chi connectivity index (χ1n) is 9.61. The number of aldehydes is 2. The van der Waals surface area contributed by atoms with Crippen LogP contribution in [0.5, 0.6) is 11.5 Å². The van der Waals surface area contributed by atoms with Gasteiger partial charge in [0.1, 0.15) is 24.1 Å². The molecule has 0 aromatic heterocycles. The number of allylic oxidation sites excluding steroid dienone is 10. The molecule has 0 spiro atoms. The zero-order chi connectivity index (χ0) is 22.8. The van der Waals surface area contributed by atoms with Crippen LogP contribution in [0.1, 0.15) is 20.7 Å². The molecule has 6 nitrogen and oxygen atoms in total. The van der Waals surface area contributed by atoms with Gasteiger partial charge >= 0.3 is 0 Å². The number of hydrogen-bond donors (Lipinski definition) is 2. The molecule has 2 N–H and O–H groups in total. The van der Waals surface area contributed by atoms with Crippen molar-refractivity contribution in [2.75, 3.05) is 0 Å². The predicted octanol–water partition coefficient (Wildman–Crippen LogP) is 5.54. The van der Waals surface area contributed by atoms with Gasteiger partial charge in [-0.1, -0.05) is 24.3 Å². The Morgan fingerprint density at radius 3 is 1.15 bits per heavy atom. The zero-order valence-electron chi connectivity index (χ0n) is 17.3. The van der Waals surface area contributed by atoms with Gasteiger partial charge in [0.15, 0.2) is 0 Å². The average molecular weight is 484 g/mol. The molecular weight excluding hydrogens is 464 g/mol. The van der Waals surface area contributed by atoms with Crippen LogP contribution < -0.4 is 9.47 Å². The number of ether oxygens (including phenoxy) is 2. The van der Waals surface area contributed by atoms with E-state index in [1.807, 2.05) is 24.3 Å². The Bertz CT molecular complexity index is 1030. The average Bonchev–Trinajstić information content (AvgIpc) is 3.55. The molecule has 2 aliphatic carbocycles. The molecule has 4 rings (SSSR count). The smallest absolute Gasteiger partial charge is 0.289 e. The van der Waals surface area contributed by atoms with Crippen LogP contribution >= 0.6 is 0 Å². The van der Waals surface area contributed by atoms with Crippen LogP contribution in [0, 0.1) is 0 Å². The maximum absolute atomic E-state index is 10.4. The molecule has 0 heterocycles. The maximum atomic E-state index is 10.4. The fraction of sp³-hybridized carbons (Fsp3) is 0. The van der Waals surface area contributed by atoms with E-state index in [2.05, 4.69) is 0 Å². The van der Waals surface area contributed by atoms with E-state index < -0.39 is 0 Å². The van der Waals surface area contributed by atoms with Crippen molar-refractivity contribution in [3.63, 3.8) is 0 Å². The van der Waals surface area contributed by atoms with E-state index in [9.17, 15) is 19.8 Å². The van der Waals surface area contributed by atoms with E-state index in [0.29, 0.717) is 33.8 Å². The van der Waals surface area contributed by atoms with E-state index in [1.165, 1.54) is 0 Å². The zero-order valence-corrected chi connectivity index (χ0v) is 18.4. The Labute approximate surface area is 201 Å². The summed E-state index contributed by atoms with van der Waals surface area (Å²) >= 11 is 0. The normalized spacial score (nSPS) is 12.5. The Morgan fingerprint density at radius 2 is 0.879 bits per heavy atom. The Hall–Kier alpha value is -4.06. The van der Waals surface area contributed by atoms with Crippen molar-refractivity contribution >= 4 is 12.6 Å². The van der Waals surface area contributed by atoms with Crippen LogP contribution in [0.2, 0.25) is 0 Å². The molecule has 2 aliphatic rings. The molecule has 0 aliphatic heterocycles. The summed E-state index contributed by atoms with van der Waals surface area (Å²) in [6.45, 7) is 0. The minimum atomic E-state index is -0.149. The number of benzene rings is 2. The molecule has 0 amide bonds. The molecule has 33 heavy (non-hydrogen) atoms. The van der Waals surface area contributed by atoms with Crippen molar-refractivity contribution in [3.8, 4) is 11.5 Å². The van der Waals surface area contributed by atoms with Crippen LogP contribution in [0.4, 0.5) is 0 Å². The minimum absolute atomic E-state index is 0. The van der Waals surface area contributed by atoms with Gasteiger partial charge in [-0.25, -0.2) is 0 Å².